The summed E-state index contributed by atoms with van der Waals surface area (Å²) in [7, 11) is 0. The van der Waals surface area contributed by atoms with Crippen LogP contribution in [0.3, 0.4) is 0 Å². The molecule has 3 heterocycles. The number of nitrogens with one attached hydrogen (secondary N) is 1. The van der Waals surface area contributed by atoms with Crippen molar-refractivity contribution in [1.82, 2.24) is 15.0 Å². The number of nitrogens with zero attached hydrogens (tertiary/aromatic N) is 3. The molecule has 0 spiro atoms. The van der Waals surface area contributed by atoms with E-state index in [4.69, 9.17) is 4.74 Å². The molecule has 0 saturated carbocycles. The normalized spacial score (nSPS) is 11.4. The van der Waals surface area contributed by atoms with E-state index in [-0.39, 0.29) is 0 Å². The Hall–Kier alpha value is -2.54. The minimum atomic E-state index is -0.549. The quantitative estimate of drug-likeness (QED) is 0.766. The first-order valence-corrected chi connectivity index (χ1v) is 7.89. The van der Waals surface area contributed by atoms with Crippen molar-refractivity contribution in [2.45, 2.75) is 26.4 Å². The van der Waals surface area contributed by atoms with Crippen molar-refractivity contribution in [2.24, 2.45) is 0 Å². The van der Waals surface area contributed by atoms with Gasteiger partial charge in [0.25, 0.3) is 0 Å². The highest BCUT2D eigenvalue weighted by Crippen LogP contribution is 2.30. The van der Waals surface area contributed by atoms with Crippen LogP contribution in [0.4, 0.5) is 10.6 Å². The number of fused-ring (bicyclic) bond motifs is 1. The number of rotatable bonds is 2. The third-order valence-electron chi connectivity index (χ3n) is 2.81. The summed E-state index contributed by atoms with van der Waals surface area (Å²) in [6.07, 6.45) is 4.60. The number of hydrogen-bond donors (Lipinski definition) is 1. The van der Waals surface area contributed by atoms with Crippen LogP contribution in [0.2, 0.25) is 0 Å². The van der Waals surface area contributed by atoms with E-state index in [1.807, 2.05) is 32.9 Å². The van der Waals surface area contributed by atoms with E-state index < -0.39 is 11.7 Å². The second kappa shape index (κ2) is 5.92. The molecule has 3 aromatic rings. The predicted octanol–water partition coefficient (Wildman–Crippen LogP) is 4.10. The molecule has 0 radical (unpaired) electrons. The Bertz CT molecular complexity index is 840. The van der Waals surface area contributed by atoms with Crippen molar-refractivity contribution in [2.75, 3.05) is 5.32 Å². The first-order valence-electron chi connectivity index (χ1n) is 7.08. The van der Waals surface area contributed by atoms with Gasteiger partial charge < -0.3 is 4.74 Å². The summed E-state index contributed by atoms with van der Waals surface area (Å²) in [4.78, 5) is 24.6. The molecule has 0 aliphatic rings. The topological polar surface area (TPSA) is 77.0 Å². The van der Waals surface area contributed by atoms with Crippen LogP contribution in [-0.4, -0.2) is 26.6 Å². The van der Waals surface area contributed by atoms with E-state index in [1.54, 1.807) is 24.7 Å². The van der Waals surface area contributed by atoms with E-state index in [9.17, 15) is 4.79 Å². The summed E-state index contributed by atoms with van der Waals surface area (Å²) in [5.41, 5.74) is 1.19. The summed E-state index contributed by atoms with van der Waals surface area (Å²) >= 11 is 1.52. The second-order valence-corrected chi connectivity index (χ2v) is 6.96. The maximum Gasteiger partial charge on any atom is 0.413 e. The zero-order valence-electron chi connectivity index (χ0n) is 13.0. The number of thiazole rings is 1. The molecule has 0 saturated heterocycles. The van der Waals surface area contributed by atoms with E-state index in [0.717, 1.165) is 20.8 Å². The SMILES string of the molecule is CC(C)(C)OC(=O)Nc1cc2sc(-c3cccnc3)nc2cn1. The second-order valence-electron chi connectivity index (χ2n) is 5.92. The molecular formula is C16H16N4O2S. The molecule has 6 nitrogen and oxygen atoms in total. The molecule has 0 unspecified atom stereocenters. The maximum absolute atomic E-state index is 11.8. The van der Waals surface area contributed by atoms with E-state index in [0.29, 0.717) is 5.82 Å². The lowest BCUT2D eigenvalue weighted by Crippen LogP contribution is -2.27. The lowest BCUT2D eigenvalue weighted by Gasteiger charge is -2.19. The average Bonchev–Trinajstić information content (AvgIpc) is 2.89. The number of aromatic nitrogens is 3. The number of carbonyl (C=O) groups is 1. The lowest BCUT2D eigenvalue weighted by molar-refractivity contribution is 0.0635. The standard InChI is InChI=1S/C16H16N4O2S/c1-16(2,3)22-15(21)20-13-7-12-11(9-18-13)19-14(23-12)10-5-4-6-17-8-10/h4-9H,1-3H3,(H,18,20,21). The summed E-state index contributed by atoms with van der Waals surface area (Å²) in [5, 5.41) is 3.50. The van der Waals surface area contributed by atoms with Crippen LogP contribution in [-0.2, 0) is 4.74 Å². The molecule has 3 aromatic heterocycles. The summed E-state index contributed by atoms with van der Waals surface area (Å²) in [6.45, 7) is 5.44. The smallest absolute Gasteiger partial charge is 0.413 e. The van der Waals surface area contributed by atoms with Gasteiger partial charge in [0.15, 0.2) is 0 Å². The van der Waals surface area contributed by atoms with Gasteiger partial charge in [-0.1, -0.05) is 0 Å². The minimum absolute atomic E-state index is 0.438. The molecule has 0 fully saturated rings. The van der Waals surface area contributed by atoms with Crippen LogP contribution in [0.1, 0.15) is 20.8 Å². The van der Waals surface area contributed by atoms with Gasteiger partial charge in [-0.2, -0.15) is 0 Å². The van der Waals surface area contributed by atoms with Gasteiger partial charge in [-0.15, -0.1) is 11.3 Å². The van der Waals surface area contributed by atoms with Gasteiger partial charge in [0.1, 0.15) is 21.9 Å². The van der Waals surface area contributed by atoms with Crippen LogP contribution in [0, 0.1) is 0 Å². The zero-order chi connectivity index (χ0) is 16.4. The third-order valence-corrected chi connectivity index (χ3v) is 3.88. The zero-order valence-corrected chi connectivity index (χ0v) is 13.8. The maximum atomic E-state index is 11.8. The molecule has 0 aromatic carbocycles. The fourth-order valence-electron chi connectivity index (χ4n) is 1.92. The average molecular weight is 328 g/mol. The molecule has 0 aliphatic heterocycles. The molecule has 0 atom stereocenters. The monoisotopic (exact) mass is 328 g/mol. The van der Waals surface area contributed by atoms with Gasteiger partial charge >= 0.3 is 6.09 Å². The molecule has 0 aliphatic carbocycles. The van der Waals surface area contributed by atoms with Crippen molar-refractivity contribution < 1.29 is 9.53 Å². The van der Waals surface area contributed by atoms with Crippen LogP contribution in [0.5, 0.6) is 0 Å². The Kier molecular flexibility index (Phi) is 3.96. The number of ether oxygens (including phenoxy) is 1. The van der Waals surface area contributed by atoms with Crippen molar-refractivity contribution in [3.63, 3.8) is 0 Å². The number of carbonyl (C=O) groups excluding carboxylic acids is 1. The molecule has 0 bridgehead atoms. The van der Waals surface area contributed by atoms with Gasteiger partial charge in [-0.3, -0.25) is 10.3 Å². The fraction of sp³-hybridized carbons (Fsp3) is 0.250. The van der Waals surface area contributed by atoms with Crippen LogP contribution >= 0.6 is 11.3 Å². The Morgan fingerprint density at radius 3 is 2.83 bits per heavy atom. The van der Waals surface area contributed by atoms with Crippen molar-refractivity contribution in [1.29, 1.82) is 0 Å². The highest BCUT2D eigenvalue weighted by atomic mass is 32.1. The van der Waals surface area contributed by atoms with Gasteiger partial charge in [0, 0.05) is 24.0 Å². The van der Waals surface area contributed by atoms with E-state index >= 15 is 0 Å². The first kappa shape index (κ1) is 15.4. The van der Waals surface area contributed by atoms with E-state index in [2.05, 4.69) is 20.3 Å². The summed E-state index contributed by atoms with van der Waals surface area (Å²) in [6, 6.07) is 5.62. The fourth-order valence-corrected chi connectivity index (χ4v) is 2.89. The Morgan fingerprint density at radius 2 is 2.13 bits per heavy atom. The van der Waals surface area contributed by atoms with Crippen molar-refractivity contribution in [3.05, 3.63) is 36.8 Å². The van der Waals surface area contributed by atoms with Crippen LogP contribution in [0.15, 0.2) is 36.8 Å². The van der Waals surface area contributed by atoms with Crippen LogP contribution in [0.25, 0.3) is 20.8 Å². The van der Waals surface area contributed by atoms with Gasteiger partial charge in [-0.05, 0) is 32.9 Å². The van der Waals surface area contributed by atoms with Crippen molar-refractivity contribution in [3.8, 4) is 10.6 Å². The summed E-state index contributed by atoms with van der Waals surface area (Å²) < 4.78 is 6.15. The highest BCUT2D eigenvalue weighted by Gasteiger charge is 2.17. The largest absolute Gasteiger partial charge is 0.444 e. The molecule has 23 heavy (non-hydrogen) atoms. The molecular weight excluding hydrogens is 312 g/mol. The van der Waals surface area contributed by atoms with E-state index in [1.165, 1.54) is 11.3 Å². The molecule has 3 rings (SSSR count). The molecule has 118 valence electrons. The van der Waals surface area contributed by atoms with Gasteiger partial charge in [-0.25, -0.2) is 14.8 Å². The minimum Gasteiger partial charge on any atom is -0.444 e. The number of anilines is 1. The van der Waals surface area contributed by atoms with Crippen LogP contribution < -0.4 is 5.32 Å². The number of pyridine rings is 2. The van der Waals surface area contributed by atoms with Gasteiger partial charge in [0.2, 0.25) is 0 Å². The molecule has 1 amide bonds. The molecule has 1 N–H and O–H groups in total. The molecule has 7 heteroatoms. The Morgan fingerprint density at radius 1 is 1.30 bits per heavy atom. The third kappa shape index (κ3) is 3.81. The summed E-state index contributed by atoms with van der Waals surface area (Å²) in [5.74, 6) is 0.438. The van der Waals surface area contributed by atoms with Crippen molar-refractivity contribution >= 4 is 33.5 Å². The number of amides is 1. The lowest BCUT2D eigenvalue weighted by atomic mass is 10.2. The first-order chi connectivity index (χ1) is 10.9. The Balaban J connectivity index is 1.84. The highest BCUT2D eigenvalue weighted by molar-refractivity contribution is 7.21. The van der Waals surface area contributed by atoms with Gasteiger partial charge in [0.05, 0.1) is 10.9 Å². The number of hydrogen-bond acceptors (Lipinski definition) is 6. The Labute approximate surface area is 137 Å². The predicted molar refractivity (Wildman–Crippen MR) is 90.5 cm³/mol.